The van der Waals surface area contributed by atoms with Crippen LogP contribution in [0.4, 0.5) is 0 Å². The first-order valence-electron chi connectivity index (χ1n) is 5.62. The highest BCUT2D eigenvalue weighted by Gasteiger charge is 2.58. The molecule has 0 bridgehead atoms. The number of hydrogen-bond acceptors (Lipinski definition) is 5. The van der Waals surface area contributed by atoms with E-state index in [1.807, 2.05) is 0 Å². The van der Waals surface area contributed by atoms with Crippen molar-refractivity contribution in [3.05, 3.63) is 0 Å². The van der Waals surface area contributed by atoms with Gasteiger partial charge < -0.3 is 25.8 Å². The average Bonchev–Trinajstić information content (AvgIpc) is 2.40. The van der Waals surface area contributed by atoms with Crippen LogP contribution < -0.4 is 10.6 Å². The fraction of sp³-hybridized carbons (Fsp3) is 0.889. The molecule has 3 atom stereocenters. The minimum Gasteiger partial charge on any atom is -0.480 e. The quantitative estimate of drug-likeness (QED) is 0.358. The van der Waals surface area contributed by atoms with E-state index in [2.05, 4.69) is 10.6 Å². The van der Waals surface area contributed by atoms with Gasteiger partial charge in [-0.1, -0.05) is 6.42 Å². The maximum absolute atomic E-state index is 11.1. The molecule has 2 aliphatic heterocycles. The van der Waals surface area contributed by atoms with Gasteiger partial charge in [0.05, 0.1) is 0 Å². The highest BCUT2D eigenvalue weighted by Crippen LogP contribution is 2.42. The molecule has 2 heterocycles. The van der Waals surface area contributed by atoms with Gasteiger partial charge in [-0.3, -0.25) is 4.79 Å². The Morgan fingerprint density at radius 3 is 2.69 bits per heavy atom. The molecule has 0 aromatic carbocycles. The van der Waals surface area contributed by atoms with Gasteiger partial charge >= 0.3 is 13.1 Å². The van der Waals surface area contributed by atoms with Gasteiger partial charge in [0.25, 0.3) is 0 Å². The van der Waals surface area contributed by atoms with Crippen molar-refractivity contribution in [3.8, 4) is 0 Å². The number of carboxylic acid groups (broad SMARTS) is 1. The van der Waals surface area contributed by atoms with E-state index < -0.39 is 19.1 Å². The zero-order valence-electron chi connectivity index (χ0n) is 9.02. The molecule has 2 rings (SSSR count). The van der Waals surface area contributed by atoms with E-state index >= 15 is 0 Å². The van der Waals surface area contributed by atoms with Crippen LogP contribution in [0.2, 0.25) is 6.32 Å². The van der Waals surface area contributed by atoms with Crippen LogP contribution in [0.25, 0.3) is 0 Å². The van der Waals surface area contributed by atoms with E-state index in [0.717, 1.165) is 0 Å². The van der Waals surface area contributed by atoms with E-state index in [1.165, 1.54) is 0 Å². The average molecular weight is 228 g/mol. The summed E-state index contributed by atoms with van der Waals surface area (Å²) in [4.78, 5) is 11.1. The first-order chi connectivity index (χ1) is 7.56. The van der Waals surface area contributed by atoms with Crippen molar-refractivity contribution in [2.75, 3.05) is 13.1 Å². The Morgan fingerprint density at radius 2 is 2.19 bits per heavy atom. The summed E-state index contributed by atoms with van der Waals surface area (Å²) in [6, 6.07) is -0.293. The Balaban J connectivity index is 1.95. The number of carbonyl (C=O) groups is 1. The normalized spacial score (nSPS) is 36.6. The predicted octanol–water partition coefficient (Wildman–Crippen LogP) is -1.75. The Labute approximate surface area is 94.2 Å². The molecule has 0 spiro atoms. The molecule has 2 fully saturated rings. The van der Waals surface area contributed by atoms with Crippen LogP contribution in [0.1, 0.15) is 12.8 Å². The number of hydrogen-bond donors (Lipinski definition) is 5. The number of aliphatic carboxylic acids is 1. The van der Waals surface area contributed by atoms with E-state index in [0.29, 0.717) is 32.3 Å². The van der Waals surface area contributed by atoms with Crippen LogP contribution in [-0.4, -0.2) is 53.4 Å². The molecule has 0 amide bonds. The molecule has 0 saturated carbocycles. The summed E-state index contributed by atoms with van der Waals surface area (Å²) >= 11 is 0. The van der Waals surface area contributed by atoms with E-state index in [-0.39, 0.29) is 11.5 Å². The SMILES string of the molecule is O=C(O)[C@H]1NC[C@@H]2NC[C@@]21CCCB(O)O. The van der Waals surface area contributed by atoms with Crippen molar-refractivity contribution in [1.82, 2.24) is 10.6 Å². The number of fused-ring (bicyclic) bond motifs is 1. The molecule has 90 valence electrons. The molecule has 2 aliphatic rings. The smallest absolute Gasteiger partial charge is 0.451 e. The summed E-state index contributed by atoms with van der Waals surface area (Å²) in [5.41, 5.74) is -0.235. The summed E-state index contributed by atoms with van der Waals surface area (Å²) in [6.07, 6.45) is 1.66. The maximum Gasteiger partial charge on any atom is 0.451 e. The lowest BCUT2D eigenvalue weighted by molar-refractivity contribution is -0.143. The molecule has 16 heavy (non-hydrogen) atoms. The molecule has 0 aromatic rings. The molecule has 6 nitrogen and oxygen atoms in total. The lowest BCUT2D eigenvalue weighted by Gasteiger charge is -2.47. The Hall–Kier alpha value is -0.625. The molecular formula is C9H17BN2O4. The Bertz CT molecular complexity index is 289. The lowest BCUT2D eigenvalue weighted by atomic mass is 9.66. The first-order valence-corrected chi connectivity index (χ1v) is 5.62. The second-order valence-electron chi connectivity index (χ2n) is 4.72. The van der Waals surface area contributed by atoms with Gasteiger partial charge in [-0.15, -0.1) is 0 Å². The van der Waals surface area contributed by atoms with E-state index in [4.69, 9.17) is 15.2 Å². The summed E-state index contributed by atoms with van der Waals surface area (Å²) in [7, 11) is -1.29. The molecule has 2 saturated heterocycles. The molecule has 5 N–H and O–H groups in total. The van der Waals surface area contributed by atoms with Crippen molar-refractivity contribution in [1.29, 1.82) is 0 Å². The minimum atomic E-state index is -1.29. The molecule has 0 unspecified atom stereocenters. The van der Waals surface area contributed by atoms with E-state index in [1.54, 1.807) is 0 Å². The number of nitrogens with one attached hydrogen (secondary N) is 2. The van der Waals surface area contributed by atoms with Crippen molar-refractivity contribution in [3.63, 3.8) is 0 Å². The summed E-state index contributed by atoms with van der Waals surface area (Å²) in [5.74, 6) is -0.812. The fourth-order valence-corrected chi connectivity index (χ4v) is 2.88. The van der Waals surface area contributed by atoms with Gasteiger partial charge in [0.1, 0.15) is 6.04 Å². The highest BCUT2D eigenvalue weighted by atomic mass is 16.4. The van der Waals surface area contributed by atoms with Gasteiger partial charge in [-0.25, -0.2) is 0 Å². The third kappa shape index (κ3) is 1.84. The largest absolute Gasteiger partial charge is 0.480 e. The van der Waals surface area contributed by atoms with Crippen LogP contribution >= 0.6 is 0 Å². The predicted molar refractivity (Wildman–Crippen MR) is 57.9 cm³/mol. The second-order valence-corrected chi connectivity index (χ2v) is 4.72. The van der Waals surface area contributed by atoms with E-state index in [9.17, 15) is 4.79 Å². The Kier molecular flexibility index (Phi) is 3.21. The minimum absolute atomic E-state index is 0.212. The van der Waals surface area contributed by atoms with Gasteiger partial charge in [-0.05, 0) is 12.7 Å². The molecule has 7 heteroatoms. The zero-order chi connectivity index (χ0) is 11.8. The number of carboxylic acids is 1. The molecule has 0 radical (unpaired) electrons. The van der Waals surface area contributed by atoms with Crippen molar-refractivity contribution in [2.24, 2.45) is 5.41 Å². The third-order valence-electron chi connectivity index (χ3n) is 3.82. The number of rotatable bonds is 5. The van der Waals surface area contributed by atoms with Crippen LogP contribution in [0.3, 0.4) is 0 Å². The fourth-order valence-electron chi connectivity index (χ4n) is 2.88. The van der Waals surface area contributed by atoms with Crippen LogP contribution in [0, 0.1) is 5.41 Å². The summed E-state index contributed by atoms with van der Waals surface area (Å²) in [5, 5.41) is 32.9. The van der Waals surface area contributed by atoms with Gasteiger partial charge in [0.2, 0.25) is 0 Å². The maximum atomic E-state index is 11.1. The zero-order valence-corrected chi connectivity index (χ0v) is 9.02. The van der Waals surface area contributed by atoms with Crippen LogP contribution in [0.5, 0.6) is 0 Å². The highest BCUT2D eigenvalue weighted by molar-refractivity contribution is 6.40. The van der Waals surface area contributed by atoms with Crippen molar-refractivity contribution < 1.29 is 19.9 Å². The Morgan fingerprint density at radius 1 is 1.44 bits per heavy atom. The second kappa shape index (κ2) is 4.33. The molecule has 0 aromatic heterocycles. The van der Waals surface area contributed by atoms with Gasteiger partial charge in [0.15, 0.2) is 0 Å². The van der Waals surface area contributed by atoms with Crippen LogP contribution in [0.15, 0.2) is 0 Å². The standard InChI is InChI=1S/C9H17BN2O4/c13-8(14)7-9(2-1-3-10(15)16)5-12-6(9)4-11-7/h6-7,11-12,15-16H,1-5H2,(H,13,14)/t6-,7+,9-/m0/s1. The summed E-state index contributed by atoms with van der Waals surface area (Å²) < 4.78 is 0. The topological polar surface area (TPSA) is 102 Å². The van der Waals surface area contributed by atoms with Crippen molar-refractivity contribution in [2.45, 2.75) is 31.2 Å². The van der Waals surface area contributed by atoms with Gasteiger partial charge in [0, 0.05) is 24.5 Å². The molecule has 0 aliphatic carbocycles. The monoisotopic (exact) mass is 228 g/mol. The third-order valence-corrected chi connectivity index (χ3v) is 3.82. The summed E-state index contributed by atoms with van der Waals surface area (Å²) in [6.45, 7) is 1.38. The van der Waals surface area contributed by atoms with Crippen LogP contribution in [-0.2, 0) is 4.79 Å². The lowest BCUT2D eigenvalue weighted by Crippen LogP contribution is -2.65. The first kappa shape index (κ1) is 11.8. The van der Waals surface area contributed by atoms with Crippen molar-refractivity contribution >= 4 is 13.1 Å². The van der Waals surface area contributed by atoms with Gasteiger partial charge in [-0.2, -0.15) is 0 Å². The molecular weight excluding hydrogens is 211 g/mol.